The maximum absolute atomic E-state index is 14.5. The van der Waals surface area contributed by atoms with Gasteiger partial charge in [-0.05, 0) is 106 Å². The summed E-state index contributed by atoms with van der Waals surface area (Å²) in [6.45, 7) is 8.60. The number of carbonyl (C=O) groups excluding carboxylic acids is 1. The van der Waals surface area contributed by atoms with Gasteiger partial charge >= 0.3 is 0 Å². The molecule has 0 saturated heterocycles. The van der Waals surface area contributed by atoms with Crippen molar-refractivity contribution >= 4 is 5.78 Å². The number of methoxy groups -OCH3 is 1. The van der Waals surface area contributed by atoms with Crippen molar-refractivity contribution < 1.29 is 19.7 Å². The SMILES string of the molecule is CCCN(C)C[C@]1(O)CC[C@H]2[C@]34C=C[C@@]5(C=C3C(=O)c3ccc(OC)cc3)CC(O)CC[C@]5(C)[C@H]4CC[C@@]21C. The molecule has 1 aromatic carbocycles. The quantitative estimate of drug-likeness (QED) is 0.342. The van der Waals surface area contributed by atoms with Gasteiger partial charge in [0.2, 0.25) is 0 Å². The number of allylic oxidation sites excluding steroid dienone is 4. The summed E-state index contributed by atoms with van der Waals surface area (Å²) < 4.78 is 5.37. The van der Waals surface area contributed by atoms with Crippen LogP contribution >= 0.6 is 0 Å². The normalized spacial score (nSPS) is 44.0. The summed E-state index contributed by atoms with van der Waals surface area (Å²) in [7, 11) is 3.77. The van der Waals surface area contributed by atoms with Crippen LogP contribution in [0.25, 0.3) is 0 Å². The van der Waals surface area contributed by atoms with E-state index in [1.54, 1.807) is 7.11 Å². The monoisotopic (exact) mass is 533 g/mol. The minimum atomic E-state index is -0.779. The zero-order valence-electron chi connectivity index (χ0n) is 24.5. The van der Waals surface area contributed by atoms with Crippen molar-refractivity contribution in [3.8, 4) is 5.75 Å². The van der Waals surface area contributed by atoms with E-state index in [0.29, 0.717) is 24.4 Å². The van der Waals surface area contributed by atoms with Gasteiger partial charge in [0, 0.05) is 33.9 Å². The molecule has 2 spiro atoms. The van der Waals surface area contributed by atoms with Gasteiger partial charge in [0.25, 0.3) is 0 Å². The molecule has 0 heterocycles. The highest BCUT2D eigenvalue weighted by molar-refractivity contribution is 6.10. The third-order valence-electron chi connectivity index (χ3n) is 12.4. The molecule has 8 atom stereocenters. The number of ether oxygens (including phenoxy) is 1. The molecule has 3 fully saturated rings. The number of hydrogen-bond acceptors (Lipinski definition) is 5. The number of carbonyl (C=O) groups is 1. The maximum atomic E-state index is 14.5. The van der Waals surface area contributed by atoms with E-state index in [0.717, 1.165) is 62.8 Å². The standard InChI is InChI=1S/C34H47NO4/c1-6-19-35(4)22-33(38)16-13-28-31(33,3)15-12-27-30(2)14-11-24(36)20-32(30)17-18-34(27,28)26(21-32)29(37)23-7-9-25(39-5)10-8-23/h7-10,17-18,21,24,27-28,36,38H,6,11-16,19-20,22H2,1-5H3/t24?,27-,28-,30-,31+,32+,33-,34-/m1/s1. The molecule has 7 rings (SSSR count). The highest BCUT2D eigenvalue weighted by Gasteiger charge is 2.74. The minimum Gasteiger partial charge on any atom is -0.497 e. The second-order valence-electron chi connectivity index (χ2n) is 14.1. The molecule has 6 aliphatic rings. The number of benzene rings is 1. The molecule has 5 nitrogen and oxygen atoms in total. The average molecular weight is 534 g/mol. The Balaban J connectivity index is 1.49. The van der Waals surface area contributed by atoms with E-state index in [1.807, 2.05) is 24.3 Å². The Morgan fingerprint density at radius 2 is 1.69 bits per heavy atom. The zero-order chi connectivity index (χ0) is 27.8. The lowest BCUT2D eigenvalue weighted by Gasteiger charge is -2.71. The van der Waals surface area contributed by atoms with Crippen molar-refractivity contribution in [1.29, 1.82) is 0 Å². The summed E-state index contributed by atoms with van der Waals surface area (Å²) in [6, 6.07) is 7.52. The van der Waals surface area contributed by atoms with Crippen molar-refractivity contribution in [1.82, 2.24) is 4.90 Å². The highest BCUT2D eigenvalue weighted by atomic mass is 16.5. The van der Waals surface area contributed by atoms with Crippen molar-refractivity contribution in [2.45, 2.75) is 83.8 Å². The molecule has 2 bridgehead atoms. The van der Waals surface area contributed by atoms with Crippen molar-refractivity contribution in [3.05, 3.63) is 53.6 Å². The van der Waals surface area contributed by atoms with E-state index in [1.165, 1.54) is 0 Å². The summed E-state index contributed by atoms with van der Waals surface area (Å²) in [4.78, 5) is 16.8. The number of Topliss-reactive ketones (excluding diaryl/α,β-unsaturated/α-hetero) is 1. The number of likely N-dealkylation sites (N-methyl/N-ethyl adjacent to an activating group) is 1. The van der Waals surface area contributed by atoms with Crippen LogP contribution in [0.5, 0.6) is 5.75 Å². The second kappa shape index (κ2) is 9.03. The molecular weight excluding hydrogens is 486 g/mol. The predicted octanol–water partition coefficient (Wildman–Crippen LogP) is 5.81. The Morgan fingerprint density at radius 1 is 1.03 bits per heavy atom. The highest BCUT2D eigenvalue weighted by Crippen LogP contribution is 2.78. The van der Waals surface area contributed by atoms with E-state index in [-0.39, 0.29) is 34.1 Å². The van der Waals surface area contributed by atoms with E-state index in [2.05, 4.69) is 50.9 Å². The van der Waals surface area contributed by atoms with Crippen LogP contribution in [0.3, 0.4) is 0 Å². The Kier molecular flexibility index (Phi) is 6.30. The zero-order valence-corrected chi connectivity index (χ0v) is 24.5. The first-order valence-electron chi connectivity index (χ1n) is 15.2. The van der Waals surface area contributed by atoms with Gasteiger partial charge in [-0.3, -0.25) is 4.79 Å². The molecule has 0 aromatic heterocycles. The smallest absolute Gasteiger partial charge is 0.189 e. The molecule has 6 aliphatic carbocycles. The summed E-state index contributed by atoms with van der Waals surface area (Å²) >= 11 is 0. The van der Waals surface area contributed by atoms with E-state index in [9.17, 15) is 15.0 Å². The topological polar surface area (TPSA) is 70.0 Å². The van der Waals surface area contributed by atoms with Gasteiger partial charge in [-0.1, -0.05) is 39.0 Å². The van der Waals surface area contributed by atoms with Crippen LogP contribution in [0.1, 0.15) is 82.5 Å². The number of aliphatic hydroxyl groups excluding tert-OH is 1. The molecular formula is C34H47NO4. The van der Waals surface area contributed by atoms with Gasteiger partial charge in [0.15, 0.2) is 5.78 Å². The van der Waals surface area contributed by atoms with Crippen LogP contribution in [0.2, 0.25) is 0 Å². The molecule has 2 N–H and O–H groups in total. The Bertz CT molecular complexity index is 1210. The Labute approximate surface area is 234 Å². The van der Waals surface area contributed by atoms with Gasteiger partial charge in [-0.15, -0.1) is 0 Å². The molecule has 0 amide bonds. The molecule has 1 unspecified atom stereocenters. The van der Waals surface area contributed by atoms with E-state index in [4.69, 9.17) is 4.74 Å². The second-order valence-corrected chi connectivity index (χ2v) is 14.1. The fraction of sp³-hybridized carbons (Fsp3) is 0.676. The summed E-state index contributed by atoms with van der Waals surface area (Å²) in [5.74, 6) is 1.34. The number of fused-ring (bicyclic) bond motifs is 1. The lowest BCUT2D eigenvalue weighted by Crippen LogP contribution is -2.67. The van der Waals surface area contributed by atoms with Crippen LogP contribution in [0.4, 0.5) is 0 Å². The van der Waals surface area contributed by atoms with Crippen molar-refractivity contribution in [2.75, 3.05) is 27.2 Å². The predicted molar refractivity (Wildman–Crippen MR) is 154 cm³/mol. The summed E-state index contributed by atoms with van der Waals surface area (Å²) in [5, 5.41) is 23.2. The number of ketones is 1. The molecule has 3 saturated carbocycles. The van der Waals surface area contributed by atoms with Crippen LogP contribution in [-0.4, -0.2) is 59.8 Å². The maximum Gasteiger partial charge on any atom is 0.189 e. The molecule has 0 radical (unpaired) electrons. The fourth-order valence-corrected chi connectivity index (χ4v) is 10.4. The van der Waals surface area contributed by atoms with Gasteiger partial charge in [0.05, 0.1) is 18.8 Å². The summed E-state index contributed by atoms with van der Waals surface area (Å²) in [5.41, 5.74) is -0.181. The number of hydrogen-bond donors (Lipinski definition) is 2. The third-order valence-corrected chi connectivity index (χ3v) is 12.4. The molecule has 1 aromatic rings. The largest absolute Gasteiger partial charge is 0.497 e. The van der Waals surface area contributed by atoms with Crippen LogP contribution < -0.4 is 4.74 Å². The van der Waals surface area contributed by atoms with Gasteiger partial charge < -0.3 is 19.8 Å². The van der Waals surface area contributed by atoms with Gasteiger partial charge in [0.1, 0.15) is 5.75 Å². The molecule has 212 valence electrons. The van der Waals surface area contributed by atoms with E-state index < -0.39 is 11.0 Å². The number of aliphatic hydroxyl groups is 2. The van der Waals surface area contributed by atoms with Crippen LogP contribution in [0, 0.1) is 33.5 Å². The van der Waals surface area contributed by atoms with Crippen LogP contribution in [-0.2, 0) is 0 Å². The average Bonchev–Trinajstić information content (AvgIpc) is 3.18. The minimum absolute atomic E-state index is 0.00823. The first kappa shape index (κ1) is 27.2. The lowest BCUT2D eigenvalue weighted by molar-refractivity contribution is -0.175. The number of rotatable bonds is 7. The van der Waals surface area contributed by atoms with Crippen molar-refractivity contribution in [3.63, 3.8) is 0 Å². The molecule has 5 heteroatoms. The lowest BCUT2D eigenvalue weighted by atomic mass is 9.32. The van der Waals surface area contributed by atoms with Gasteiger partial charge in [-0.25, -0.2) is 0 Å². The van der Waals surface area contributed by atoms with E-state index >= 15 is 0 Å². The van der Waals surface area contributed by atoms with Gasteiger partial charge in [-0.2, -0.15) is 0 Å². The molecule has 0 aliphatic heterocycles. The third kappa shape index (κ3) is 3.51. The van der Waals surface area contributed by atoms with Crippen LogP contribution in [0.15, 0.2) is 48.1 Å². The number of nitrogens with zero attached hydrogens (tertiary/aromatic N) is 1. The first-order chi connectivity index (χ1) is 18.5. The Hall–Kier alpha value is -1.95. The first-order valence-corrected chi connectivity index (χ1v) is 15.2. The molecule has 39 heavy (non-hydrogen) atoms. The van der Waals surface area contributed by atoms with Crippen molar-refractivity contribution in [2.24, 2.45) is 33.5 Å². The summed E-state index contributed by atoms with van der Waals surface area (Å²) in [6.07, 6.45) is 13.9. The Morgan fingerprint density at radius 3 is 2.38 bits per heavy atom. The fourth-order valence-electron chi connectivity index (χ4n) is 10.4.